The van der Waals surface area contributed by atoms with Gasteiger partial charge in [0, 0.05) is 49.9 Å². The van der Waals surface area contributed by atoms with Crippen molar-refractivity contribution in [2.75, 3.05) is 26.2 Å². The van der Waals surface area contributed by atoms with Crippen LogP contribution >= 0.6 is 11.6 Å². The average Bonchev–Trinajstić information content (AvgIpc) is 3.11. The highest BCUT2D eigenvalue weighted by Gasteiger charge is 2.22. The fourth-order valence-corrected chi connectivity index (χ4v) is 4.99. The number of piperazine rings is 1. The number of primary sulfonamides is 1. The molecule has 0 spiro atoms. The number of aryl methyl sites for hydroxylation is 1. The van der Waals surface area contributed by atoms with Crippen LogP contribution in [0, 0.1) is 5.82 Å². The van der Waals surface area contributed by atoms with E-state index in [1.807, 2.05) is 0 Å². The largest absolute Gasteiger partial charge is 0.327 e. The molecular weight excluding hydrogens is 465 g/mol. The van der Waals surface area contributed by atoms with Crippen LogP contribution in [0.4, 0.5) is 4.39 Å². The first-order chi connectivity index (χ1) is 15.8. The van der Waals surface area contributed by atoms with Gasteiger partial charge >= 0.3 is 0 Å². The van der Waals surface area contributed by atoms with Crippen molar-refractivity contribution >= 4 is 32.7 Å². The summed E-state index contributed by atoms with van der Waals surface area (Å²) in [6, 6.07) is 9.66. The second-order valence-corrected chi connectivity index (χ2v) is 10.4. The summed E-state index contributed by atoms with van der Waals surface area (Å²) in [4.78, 5) is 9.37. The molecule has 0 aliphatic carbocycles. The third kappa shape index (κ3) is 5.55. The number of hydrogen-bond donors (Lipinski definition) is 1. The van der Waals surface area contributed by atoms with E-state index in [4.69, 9.17) is 21.7 Å². The molecule has 0 saturated carbocycles. The summed E-state index contributed by atoms with van der Waals surface area (Å²) in [6.07, 6.45) is 2.05. The number of nitrogens with zero attached hydrogens (tertiary/aromatic N) is 4. The minimum atomic E-state index is -3.78. The lowest BCUT2D eigenvalue weighted by Gasteiger charge is -2.34. The van der Waals surface area contributed by atoms with E-state index in [1.54, 1.807) is 24.3 Å². The smallest absolute Gasteiger partial charge is 0.238 e. The predicted molar refractivity (Wildman–Crippen MR) is 128 cm³/mol. The Morgan fingerprint density at radius 2 is 1.79 bits per heavy atom. The van der Waals surface area contributed by atoms with E-state index in [2.05, 4.69) is 21.3 Å². The van der Waals surface area contributed by atoms with Crippen molar-refractivity contribution in [2.45, 2.75) is 44.3 Å². The second-order valence-electron chi connectivity index (χ2n) is 8.48. The van der Waals surface area contributed by atoms with Gasteiger partial charge in [0.2, 0.25) is 10.0 Å². The van der Waals surface area contributed by atoms with E-state index in [1.165, 1.54) is 12.1 Å². The minimum Gasteiger partial charge on any atom is -0.327 e. The Hall–Kier alpha value is -2.04. The normalized spacial score (nSPS) is 16.0. The van der Waals surface area contributed by atoms with E-state index >= 15 is 0 Å². The van der Waals surface area contributed by atoms with Crippen LogP contribution in [-0.2, 0) is 29.7 Å². The maximum absolute atomic E-state index is 14.1. The number of benzene rings is 2. The zero-order valence-corrected chi connectivity index (χ0v) is 20.2. The number of aromatic nitrogens is 2. The molecule has 4 rings (SSSR count). The Labute approximate surface area is 199 Å². The molecule has 178 valence electrons. The van der Waals surface area contributed by atoms with E-state index in [-0.39, 0.29) is 10.7 Å². The molecule has 0 radical (unpaired) electrons. The maximum Gasteiger partial charge on any atom is 0.238 e. The standard InChI is InChI=1S/C23H29ClFN5O2S/c1-2-3-9-30-22-8-7-17(33(26,31)32)14-21(22)27-23(30)16-29-12-10-28(11-13-29)15-18-19(24)5-4-6-20(18)25/h4-8,14H,2-3,9-13,15-16H2,1H3,(H2,26,31,32). The summed E-state index contributed by atoms with van der Waals surface area (Å²) in [5, 5.41) is 5.76. The molecule has 1 aliphatic rings. The first-order valence-electron chi connectivity index (χ1n) is 11.2. The topological polar surface area (TPSA) is 84.5 Å². The number of sulfonamides is 1. The molecule has 2 N–H and O–H groups in total. The highest BCUT2D eigenvalue weighted by atomic mass is 35.5. The van der Waals surface area contributed by atoms with E-state index in [0.29, 0.717) is 29.2 Å². The lowest BCUT2D eigenvalue weighted by molar-refractivity contribution is 0.118. The molecule has 2 heterocycles. The van der Waals surface area contributed by atoms with Crippen molar-refractivity contribution < 1.29 is 12.8 Å². The lowest BCUT2D eigenvalue weighted by Crippen LogP contribution is -2.45. The first-order valence-corrected chi connectivity index (χ1v) is 13.1. The van der Waals surface area contributed by atoms with Crippen LogP contribution in [0.5, 0.6) is 0 Å². The molecule has 0 amide bonds. The van der Waals surface area contributed by atoms with Gasteiger partial charge < -0.3 is 4.57 Å². The number of nitrogens with two attached hydrogens (primary N) is 1. The number of halogens is 2. The third-order valence-electron chi connectivity index (χ3n) is 6.14. The summed E-state index contributed by atoms with van der Waals surface area (Å²) in [5.74, 6) is 0.643. The van der Waals surface area contributed by atoms with Gasteiger partial charge in [-0.1, -0.05) is 31.0 Å². The van der Waals surface area contributed by atoms with Crippen LogP contribution in [0.2, 0.25) is 5.02 Å². The minimum absolute atomic E-state index is 0.0714. The van der Waals surface area contributed by atoms with Gasteiger partial charge in [-0.15, -0.1) is 0 Å². The summed E-state index contributed by atoms with van der Waals surface area (Å²) < 4.78 is 39.8. The van der Waals surface area contributed by atoms with Gasteiger partial charge in [0.1, 0.15) is 11.6 Å². The SMILES string of the molecule is CCCCn1c(CN2CCN(Cc3c(F)cccc3Cl)CC2)nc2cc(S(N)(=O)=O)ccc21. The zero-order valence-electron chi connectivity index (χ0n) is 18.7. The first kappa shape index (κ1) is 24.1. The molecule has 2 aromatic carbocycles. The Morgan fingerprint density at radius 3 is 2.42 bits per heavy atom. The molecule has 0 atom stereocenters. The molecule has 0 unspecified atom stereocenters. The van der Waals surface area contributed by atoms with Crippen molar-refractivity contribution in [3.05, 3.63) is 58.6 Å². The van der Waals surface area contributed by atoms with Crippen molar-refractivity contribution in [3.8, 4) is 0 Å². The van der Waals surface area contributed by atoms with Gasteiger partial charge in [-0.2, -0.15) is 0 Å². The number of rotatable bonds is 8. The molecule has 3 aromatic rings. The highest BCUT2D eigenvalue weighted by molar-refractivity contribution is 7.89. The van der Waals surface area contributed by atoms with Crippen LogP contribution in [0.1, 0.15) is 31.2 Å². The zero-order chi connectivity index (χ0) is 23.6. The van der Waals surface area contributed by atoms with Crippen molar-refractivity contribution in [1.82, 2.24) is 19.4 Å². The highest BCUT2D eigenvalue weighted by Crippen LogP contribution is 2.24. The molecule has 1 saturated heterocycles. The summed E-state index contributed by atoms with van der Waals surface area (Å²) in [6.45, 7) is 7.37. The molecule has 0 bridgehead atoms. The summed E-state index contributed by atoms with van der Waals surface area (Å²) in [7, 11) is -3.78. The maximum atomic E-state index is 14.1. The molecule has 1 aromatic heterocycles. The fourth-order valence-electron chi connectivity index (χ4n) is 4.24. The van der Waals surface area contributed by atoms with Crippen molar-refractivity contribution in [1.29, 1.82) is 0 Å². The van der Waals surface area contributed by atoms with E-state index < -0.39 is 10.0 Å². The molecule has 7 nitrogen and oxygen atoms in total. The second kappa shape index (κ2) is 10.1. The molecule has 1 fully saturated rings. The van der Waals surface area contributed by atoms with Crippen LogP contribution in [-0.4, -0.2) is 53.9 Å². The quantitative estimate of drug-likeness (QED) is 0.518. The van der Waals surface area contributed by atoms with Crippen LogP contribution < -0.4 is 5.14 Å². The molecule has 33 heavy (non-hydrogen) atoms. The van der Waals surface area contributed by atoms with Crippen molar-refractivity contribution in [2.24, 2.45) is 5.14 Å². The van der Waals surface area contributed by atoms with E-state index in [9.17, 15) is 12.8 Å². The van der Waals surface area contributed by atoms with Crippen LogP contribution in [0.25, 0.3) is 11.0 Å². The van der Waals surface area contributed by atoms with Gasteiger partial charge in [-0.25, -0.2) is 22.9 Å². The lowest BCUT2D eigenvalue weighted by atomic mass is 10.2. The fraction of sp³-hybridized carbons (Fsp3) is 0.435. The monoisotopic (exact) mass is 493 g/mol. The van der Waals surface area contributed by atoms with Crippen molar-refractivity contribution in [3.63, 3.8) is 0 Å². The summed E-state index contributed by atoms with van der Waals surface area (Å²) >= 11 is 6.19. The Morgan fingerprint density at radius 1 is 1.09 bits per heavy atom. The number of unbranched alkanes of at least 4 members (excludes halogenated alkanes) is 1. The van der Waals surface area contributed by atoms with Crippen LogP contribution in [0.15, 0.2) is 41.3 Å². The molecular formula is C23H29ClFN5O2S. The number of hydrogen-bond acceptors (Lipinski definition) is 5. The van der Waals surface area contributed by atoms with Gasteiger partial charge in [-0.05, 0) is 36.8 Å². The van der Waals surface area contributed by atoms with Gasteiger partial charge in [-0.3, -0.25) is 9.80 Å². The Balaban J connectivity index is 1.48. The van der Waals surface area contributed by atoms with Gasteiger partial charge in [0.15, 0.2) is 0 Å². The Kier molecular flexibility index (Phi) is 7.35. The van der Waals surface area contributed by atoms with Crippen LogP contribution in [0.3, 0.4) is 0 Å². The summed E-state index contributed by atoms with van der Waals surface area (Å²) in [5.41, 5.74) is 2.10. The molecule has 10 heteroatoms. The molecule has 1 aliphatic heterocycles. The number of imidazole rings is 1. The van der Waals surface area contributed by atoms with Gasteiger partial charge in [0.05, 0.1) is 22.5 Å². The average molecular weight is 494 g/mol. The third-order valence-corrected chi connectivity index (χ3v) is 7.40. The number of fused-ring (bicyclic) bond motifs is 1. The van der Waals surface area contributed by atoms with E-state index in [0.717, 1.165) is 56.9 Å². The van der Waals surface area contributed by atoms with Gasteiger partial charge in [0.25, 0.3) is 0 Å². The predicted octanol–water partition coefficient (Wildman–Crippen LogP) is 3.59. The Bertz CT molecular complexity index is 1220.